The fourth-order valence-corrected chi connectivity index (χ4v) is 2.82. The maximum atomic E-state index is 12.0. The van der Waals surface area contributed by atoms with Crippen LogP contribution in [0.1, 0.15) is 42.1 Å². The zero-order valence-electron chi connectivity index (χ0n) is 12.4. The second kappa shape index (κ2) is 6.60. The Morgan fingerprint density at radius 3 is 2.55 bits per heavy atom. The van der Waals surface area contributed by atoms with Crippen molar-refractivity contribution in [1.29, 1.82) is 0 Å². The third-order valence-electron chi connectivity index (χ3n) is 3.95. The smallest absolute Gasteiger partial charge is 0.326 e. The molecule has 1 aliphatic heterocycles. The Morgan fingerprint density at radius 1 is 1.23 bits per heavy atom. The van der Waals surface area contributed by atoms with Crippen molar-refractivity contribution < 1.29 is 24.6 Å². The zero-order chi connectivity index (χ0) is 16.3. The number of carbonyl (C=O) groups excluding carboxylic acids is 1. The monoisotopic (exact) mass is 305 g/mol. The Labute approximate surface area is 128 Å². The van der Waals surface area contributed by atoms with Gasteiger partial charge in [0.25, 0.3) is 0 Å². The van der Waals surface area contributed by atoms with E-state index in [1.807, 2.05) is 11.8 Å². The van der Waals surface area contributed by atoms with Crippen LogP contribution in [0.5, 0.6) is 0 Å². The van der Waals surface area contributed by atoms with Gasteiger partial charge in [-0.1, -0.05) is 6.92 Å². The summed E-state index contributed by atoms with van der Waals surface area (Å²) in [6.07, 6.45) is 0.997. The predicted molar refractivity (Wildman–Crippen MR) is 80.4 cm³/mol. The summed E-state index contributed by atoms with van der Waals surface area (Å²) < 4.78 is 0. The van der Waals surface area contributed by atoms with E-state index in [1.54, 1.807) is 18.2 Å². The van der Waals surface area contributed by atoms with E-state index >= 15 is 0 Å². The number of benzene rings is 1. The van der Waals surface area contributed by atoms with Crippen LogP contribution in [0.25, 0.3) is 0 Å². The third kappa shape index (κ3) is 3.27. The molecule has 2 N–H and O–H groups in total. The number of carbonyl (C=O) groups is 3. The van der Waals surface area contributed by atoms with E-state index in [4.69, 9.17) is 5.11 Å². The highest BCUT2D eigenvalue weighted by atomic mass is 16.4. The quantitative estimate of drug-likeness (QED) is 0.748. The van der Waals surface area contributed by atoms with Gasteiger partial charge in [-0.2, -0.15) is 0 Å². The molecule has 0 amide bonds. The summed E-state index contributed by atoms with van der Waals surface area (Å²) >= 11 is 0. The van der Waals surface area contributed by atoms with E-state index in [2.05, 4.69) is 0 Å². The van der Waals surface area contributed by atoms with Gasteiger partial charge in [0.1, 0.15) is 6.04 Å². The number of fused-ring (bicyclic) bond motifs is 1. The van der Waals surface area contributed by atoms with Gasteiger partial charge in [0.15, 0.2) is 5.78 Å². The standard InChI is InChI=1S/C16H19NO5/c1-2-12(16(21)22)17-8-7-10-9-11(3-4-13(10)17)14(18)5-6-15(19)20/h3-4,9,12H,2,5-8H2,1H3,(H,19,20)(H,21,22). The molecular weight excluding hydrogens is 286 g/mol. The molecule has 1 unspecified atom stereocenters. The summed E-state index contributed by atoms with van der Waals surface area (Å²) in [5.74, 6) is -2.04. The van der Waals surface area contributed by atoms with E-state index in [0.717, 1.165) is 11.3 Å². The molecule has 6 heteroatoms. The van der Waals surface area contributed by atoms with Crippen LogP contribution in [0.15, 0.2) is 18.2 Å². The summed E-state index contributed by atoms with van der Waals surface area (Å²) in [5.41, 5.74) is 2.29. The molecule has 0 saturated carbocycles. The highest BCUT2D eigenvalue weighted by Gasteiger charge is 2.29. The van der Waals surface area contributed by atoms with Crippen LogP contribution in [0, 0.1) is 0 Å². The first-order valence-corrected chi connectivity index (χ1v) is 7.31. The molecular formula is C16H19NO5. The Balaban J connectivity index is 2.18. The van der Waals surface area contributed by atoms with E-state index < -0.39 is 18.0 Å². The molecule has 1 heterocycles. The van der Waals surface area contributed by atoms with Crippen molar-refractivity contribution in [2.45, 2.75) is 38.6 Å². The molecule has 0 radical (unpaired) electrons. The summed E-state index contributed by atoms with van der Waals surface area (Å²) in [6, 6.07) is 4.61. The summed E-state index contributed by atoms with van der Waals surface area (Å²) in [6.45, 7) is 2.45. The number of carboxylic acids is 2. The lowest BCUT2D eigenvalue weighted by molar-refractivity contribution is -0.139. The van der Waals surface area contributed by atoms with Crippen LogP contribution in [0.2, 0.25) is 0 Å². The lowest BCUT2D eigenvalue weighted by atomic mass is 10.0. The largest absolute Gasteiger partial charge is 0.481 e. The first kappa shape index (κ1) is 16.0. The first-order chi connectivity index (χ1) is 10.4. The molecule has 1 aromatic rings. The van der Waals surface area contributed by atoms with Crippen molar-refractivity contribution in [2.75, 3.05) is 11.4 Å². The maximum absolute atomic E-state index is 12.0. The minimum absolute atomic E-state index is 0.0233. The molecule has 1 aromatic carbocycles. The summed E-state index contributed by atoms with van der Waals surface area (Å²) in [5, 5.41) is 17.9. The minimum atomic E-state index is -0.993. The highest BCUT2D eigenvalue weighted by Crippen LogP contribution is 2.31. The second-order valence-corrected chi connectivity index (χ2v) is 5.37. The summed E-state index contributed by atoms with van der Waals surface area (Å²) in [7, 11) is 0. The van der Waals surface area contributed by atoms with Gasteiger partial charge in [0.2, 0.25) is 0 Å². The molecule has 6 nitrogen and oxygen atoms in total. The lowest BCUT2D eigenvalue weighted by Gasteiger charge is -2.26. The van der Waals surface area contributed by atoms with Gasteiger partial charge in [0, 0.05) is 24.2 Å². The predicted octanol–water partition coefficient (Wildman–Crippen LogP) is 1.96. The van der Waals surface area contributed by atoms with Crippen LogP contribution < -0.4 is 4.90 Å². The van der Waals surface area contributed by atoms with Crippen molar-refractivity contribution in [2.24, 2.45) is 0 Å². The lowest BCUT2D eigenvalue weighted by Crippen LogP contribution is -2.39. The molecule has 0 spiro atoms. The molecule has 1 atom stereocenters. The molecule has 0 saturated heterocycles. The van der Waals surface area contributed by atoms with Crippen LogP contribution >= 0.6 is 0 Å². The van der Waals surface area contributed by atoms with Gasteiger partial charge in [0.05, 0.1) is 6.42 Å². The van der Waals surface area contributed by atoms with Crippen molar-refractivity contribution in [3.05, 3.63) is 29.3 Å². The van der Waals surface area contributed by atoms with Gasteiger partial charge in [-0.25, -0.2) is 4.79 Å². The van der Waals surface area contributed by atoms with Gasteiger partial charge >= 0.3 is 11.9 Å². The number of anilines is 1. The van der Waals surface area contributed by atoms with Gasteiger partial charge in [-0.3, -0.25) is 9.59 Å². The Morgan fingerprint density at radius 2 is 1.95 bits per heavy atom. The number of nitrogens with zero attached hydrogens (tertiary/aromatic N) is 1. The van der Waals surface area contributed by atoms with Gasteiger partial charge in [-0.15, -0.1) is 0 Å². The number of Topliss-reactive ketones (excluding diaryl/α,β-unsaturated/α-hetero) is 1. The van der Waals surface area contributed by atoms with E-state index in [9.17, 15) is 19.5 Å². The van der Waals surface area contributed by atoms with Crippen molar-refractivity contribution in [3.8, 4) is 0 Å². The molecule has 0 bridgehead atoms. The average Bonchev–Trinajstić information content (AvgIpc) is 2.88. The van der Waals surface area contributed by atoms with Crippen LogP contribution in [-0.4, -0.2) is 40.5 Å². The average molecular weight is 305 g/mol. The number of hydrogen-bond donors (Lipinski definition) is 2. The fourth-order valence-electron chi connectivity index (χ4n) is 2.82. The van der Waals surface area contributed by atoms with Gasteiger partial charge in [-0.05, 0) is 36.6 Å². The number of aliphatic carboxylic acids is 2. The fraction of sp³-hybridized carbons (Fsp3) is 0.438. The van der Waals surface area contributed by atoms with Gasteiger partial charge < -0.3 is 15.1 Å². The zero-order valence-corrected chi connectivity index (χ0v) is 12.4. The normalized spacial score (nSPS) is 14.5. The van der Waals surface area contributed by atoms with Crippen molar-refractivity contribution in [3.63, 3.8) is 0 Å². The van der Waals surface area contributed by atoms with E-state index in [0.29, 0.717) is 24.9 Å². The highest BCUT2D eigenvalue weighted by molar-refractivity contribution is 5.98. The first-order valence-electron chi connectivity index (χ1n) is 7.31. The van der Waals surface area contributed by atoms with Crippen molar-refractivity contribution >= 4 is 23.4 Å². The molecule has 0 fully saturated rings. The summed E-state index contributed by atoms with van der Waals surface area (Å²) in [4.78, 5) is 35.6. The Kier molecular flexibility index (Phi) is 4.80. The Hall–Kier alpha value is -2.37. The number of carboxylic acid groups (broad SMARTS) is 2. The number of rotatable bonds is 7. The molecule has 118 valence electrons. The number of ketones is 1. The number of hydrogen-bond acceptors (Lipinski definition) is 4. The molecule has 2 rings (SSSR count). The molecule has 1 aliphatic rings. The maximum Gasteiger partial charge on any atom is 0.326 e. The van der Waals surface area contributed by atoms with Crippen LogP contribution in [0.3, 0.4) is 0 Å². The SMILES string of the molecule is CCC(C(=O)O)N1CCc2cc(C(=O)CCC(=O)O)ccc21. The molecule has 0 aliphatic carbocycles. The van der Waals surface area contributed by atoms with E-state index in [1.165, 1.54) is 0 Å². The minimum Gasteiger partial charge on any atom is -0.481 e. The molecule has 22 heavy (non-hydrogen) atoms. The second-order valence-electron chi connectivity index (χ2n) is 5.37. The topological polar surface area (TPSA) is 94.9 Å². The molecule has 0 aromatic heterocycles. The third-order valence-corrected chi connectivity index (χ3v) is 3.95. The Bertz CT molecular complexity index is 611. The van der Waals surface area contributed by atoms with Crippen molar-refractivity contribution in [1.82, 2.24) is 0 Å². The van der Waals surface area contributed by atoms with E-state index in [-0.39, 0.29) is 18.6 Å². The van der Waals surface area contributed by atoms with Crippen LogP contribution in [-0.2, 0) is 16.0 Å². The van der Waals surface area contributed by atoms with Crippen LogP contribution in [0.4, 0.5) is 5.69 Å².